The Kier molecular flexibility index (Phi) is 17.0. The van der Waals surface area contributed by atoms with Crippen LogP contribution in [0.5, 0.6) is 0 Å². The lowest BCUT2D eigenvalue weighted by molar-refractivity contribution is -0.394. The van der Waals surface area contributed by atoms with Crippen LogP contribution in [0.2, 0.25) is 0 Å². The van der Waals surface area contributed by atoms with E-state index >= 15 is 0 Å². The number of hydrogen-bond acceptors (Lipinski definition) is 18. The summed E-state index contributed by atoms with van der Waals surface area (Å²) in [4.78, 5) is 94.2. The predicted molar refractivity (Wildman–Crippen MR) is 301 cm³/mol. The maximum Gasteiger partial charge on any atom is 0.315 e. The van der Waals surface area contributed by atoms with Crippen molar-refractivity contribution in [2.75, 3.05) is 16.0 Å². The summed E-state index contributed by atoms with van der Waals surface area (Å²) in [6, 6.07) is 19.2. The summed E-state index contributed by atoms with van der Waals surface area (Å²) < 4.78 is 71.7. The minimum atomic E-state index is -5.39. The highest BCUT2D eigenvalue weighted by Crippen LogP contribution is 2.42. The van der Waals surface area contributed by atoms with E-state index in [0.29, 0.717) is 68.4 Å². The summed E-state index contributed by atoms with van der Waals surface area (Å²) in [5.74, 6) is -2.55. The zero-order valence-corrected chi connectivity index (χ0v) is 46.0. The van der Waals surface area contributed by atoms with Gasteiger partial charge in [0.2, 0.25) is 6.41 Å². The van der Waals surface area contributed by atoms with Gasteiger partial charge in [-0.2, -0.15) is 16.8 Å². The number of primary amides is 1. The van der Waals surface area contributed by atoms with Crippen molar-refractivity contribution in [2.24, 2.45) is 5.73 Å². The van der Waals surface area contributed by atoms with Gasteiger partial charge in [0, 0.05) is 77.8 Å². The number of nitro groups is 4. The molecule has 2 amide bonds. The fraction of sp³-hybridized carbons (Fsp3) is 0.145. The molecule has 0 saturated carbocycles. The van der Waals surface area contributed by atoms with Gasteiger partial charge in [-0.1, -0.05) is 12.1 Å². The maximum atomic E-state index is 13.7. The Balaban J connectivity index is 1.34. The van der Waals surface area contributed by atoms with Crippen LogP contribution in [-0.4, -0.2) is 69.5 Å². The lowest BCUT2D eigenvalue weighted by Gasteiger charge is -2.22. The van der Waals surface area contributed by atoms with Crippen LogP contribution in [0, 0.1) is 87.9 Å². The number of aryl methyl sites for hydroxylation is 4. The highest BCUT2D eigenvalue weighted by atomic mass is 32.2. The molecule has 0 radical (unpaired) electrons. The largest absolute Gasteiger partial charge is 0.365 e. The Hall–Kier alpha value is -10.3. The number of nitro benzene ring substituents is 4. The Morgan fingerprint density at radius 1 is 0.542 bits per heavy atom. The van der Waals surface area contributed by atoms with Crippen molar-refractivity contribution in [1.82, 2.24) is 0 Å². The van der Waals surface area contributed by atoms with Gasteiger partial charge in [-0.25, -0.2) is 0 Å². The van der Waals surface area contributed by atoms with Gasteiger partial charge in [0.15, 0.2) is 11.6 Å². The average Bonchev–Trinajstić information content (AvgIpc) is 3.20. The first-order valence-corrected chi connectivity index (χ1v) is 27.1. The first kappa shape index (κ1) is 60.4. The molecule has 0 aromatic heterocycles. The van der Waals surface area contributed by atoms with Crippen LogP contribution in [0.3, 0.4) is 0 Å². The van der Waals surface area contributed by atoms with Crippen LogP contribution >= 0.6 is 0 Å². The first-order valence-electron chi connectivity index (χ1n) is 24.2. The lowest BCUT2D eigenvalue weighted by Crippen LogP contribution is -2.17. The molecule has 0 aliphatic carbocycles. The molecule has 0 spiro atoms. The van der Waals surface area contributed by atoms with E-state index in [-0.39, 0.29) is 63.6 Å². The fourth-order valence-corrected chi connectivity index (χ4v) is 11.0. The Bertz CT molecular complexity index is 4160. The highest BCUT2D eigenvalue weighted by Gasteiger charge is 2.34. The number of nitrogens with zero attached hydrogens (tertiary/aromatic N) is 4. The van der Waals surface area contributed by atoms with E-state index in [2.05, 4.69) is 16.0 Å². The number of hydrogen-bond donors (Lipinski definition) is 6. The molecule has 7 aromatic carbocycles. The monoisotopic (exact) mass is 1170 g/mol. The van der Waals surface area contributed by atoms with Crippen molar-refractivity contribution in [1.29, 1.82) is 0 Å². The molecule has 7 rings (SSSR count). The number of carbonyl (C=O) groups excluding carboxylic acids is 4. The number of ketones is 2. The fourth-order valence-electron chi connectivity index (χ4n) is 9.68. The van der Waals surface area contributed by atoms with Crippen LogP contribution in [0.25, 0.3) is 0 Å². The van der Waals surface area contributed by atoms with Gasteiger partial charge in [0.05, 0.1) is 77.1 Å². The SMILES string of the molecule is Cc1cc(C)c(Nc2ccc([C+](c3ccc(Nc4c(C)cc(C)c(CC(=O)c5cc([N+](=O)[O-])cc([N+](=O)[O-])c5)c4C)c(C(N)=O)c3)c3ccc(S(=O)(=O)O)cc3S(=O)(=O)O)cc2NC=O)c(C)c1CC(=O)c1cc([N+](=O)[O-])cc([N+](=O)[O-])c1. The Labute approximate surface area is 471 Å². The zero-order chi connectivity index (χ0) is 61.3. The molecule has 7 aromatic rings. The van der Waals surface area contributed by atoms with E-state index in [1.54, 1.807) is 53.7 Å². The maximum absolute atomic E-state index is 13.7. The summed E-state index contributed by atoms with van der Waals surface area (Å²) in [5, 5.41) is 55.4. The molecular formula is C55H47N8O18S2+. The van der Waals surface area contributed by atoms with Gasteiger partial charge in [-0.15, -0.1) is 0 Å². The molecule has 26 nitrogen and oxygen atoms in total. The summed E-state index contributed by atoms with van der Waals surface area (Å²) >= 11 is 0. The molecule has 0 atom stereocenters. The van der Waals surface area contributed by atoms with Crippen LogP contribution in [0.4, 0.5) is 51.2 Å². The predicted octanol–water partition coefficient (Wildman–Crippen LogP) is 9.69. The van der Waals surface area contributed by atoms with E-state index in [1.165, 1.54) is 36.4 Å². The quantitative estimate of drug-likeness (QED) is 0.00699. The van der Waals surface area contributed by atoms with Gasteiger partial charge in [0.25, 0.3) is 38.8 Å². The number of rotatable bonds is 22. The second kappa shape index (κ2) is 23.4. The van der Waals surface area contributed by atoms with Crippen LogP contribution in [0.15, 0.2) is 113 Å². The third-order valence-electron chi connectivity index (χ3n) is 13.6. The molecule has 426 valence electrons. The number of Topliss-reactive ketones (excluding diaryl/α,β-unsaturated/α-hetero) is 2. The zero-order valence-electron chi connectivity index (χ0n) is 44.4. The van der Waals surface area contributed by atoms with Crippen molar-refractivity contribution < 1.29 is 64.8 Å². The number of nitrogens with two attached hydrogens (primary N) is 1. The minimum Gasteiger partial charge on any atom is -0.365 e. The number of benzene rings is 7. The van der Waals surface area contributed by atoms with Crippen LogP contribution in [0.1, 0.15) is 92.3 Å². The molecular weight excluding hydrogens is 1120 g/mol. The van der Waals surface area contributed by atoms with Crippen molar-refractivity contribution in [3.8, 4) is 0 Å². The summed E-state index contributed by atoms with van der Waals surface area (Å²) in [6.45, 7) is 10.2. The smallest absolute Gasteiger partial charge is 0.315 e. The molecule has 28 heteroatoms. The van der Waals surface area contributed by atoms with Crippen molar-refractivity contribution >= 4 is 95.3 Å². The van der Waals surface area contributed by atoms with E-state index in [0.717, 1.165) is 48.5 Å². The second-order valence-corrected chi connectivity index (χ2v) is 21.9. The number of carbonyl (C=O) groups is 4. The number of nitrogens with one attached hydrogen (secondary N) is 3. The summed E-state index contributed by atoms with van der Waals surface area (Å²) in [7, 11) is -10.5. The number of anilines is 5. The van der Waals surface area contributed by atoms with E-state index in [9.17, 15) is 85.6 Å². The average molecular weight is 1170 g/mol. The molecule has 0 aliphatic heterocycles. The standard InChI is InChI=1S/C55H46N8O18S2/c1-27-13-29(3)53(31(5)43(27)24-49(65)35-15-37(60(68)69)21-38(16-35)61(70)71)58-46-11-7-33(19-45(46)55(56)67)52(42-10-9-41(82(76,77)78)23-51(42)83(79,80)81)34-8-12-47(48(20-34)57-26-64)59-54-30(4)14-28(2)44(32(54)6)25-50(66)36-17-39(62(72)73)22-40(18-36)63(74)75/h7-23,26,59H,24-25H2,1-6H3,(H5-,56,57,58,64,67,76,77,78,79,80,81)/p+1. The van der Waals surface area contributed by atoms with Crippen LogP contribution in [-0.2, 0) is 37.9 Å². The third-order valence-corrected chi connectivity index (χ3v) is 15.4. The van der Waals surface area contributed by atoms with Crippen molar-refractivity contribution in [3.63, 3.8) is 0 Å². The molecule has 0 saturated heterocycles. The molecule has 83 heavy (non-hydrogen) atoms. The molecule has 0 aliphatic rings. The normalized spacial score (nSPS) is 11.3. The van der Waals surface area contributed by atoms with Gasteiger partial charge >= 0.3 is 10.1 Å². The highest BCUT2D eigenvalue weighted by molar-refractivity contribution is 7.86. The lowest BCUT2D eigenvalue weighted by atomic mass is 9.83. The minimum absolute atomic E-state index is 0.00471. The molecule has 7 N–H and O–H groups in total. The Morgan fingerprint density at radius 2 is 0.964 bits per heavy atom. The Morgan fingerprint density at radius 3 is 1.36 bits per heavy atom. The van der Waals surface area contributed by atoms with Crippen LogP contribution < -0.4 is 21.7 Å². The van der Waals surface area contributed by atoms with Crippen molar-refractivity contribution in [2.45, 2.75) is 64.2 Å². The summed E-state index contributed by atoms with van der Waals surface area (Å²) in [6.07, 6.45) is -0.421. The molecule has 0 heterocycles. The number of non-ortho nitro benzene ring substituents is 4. The summed E-state index contributed by atoms with van der Waals surface area (Å²) in [5.41, 5.74) is 7.43. The first-order chi connectivity index (χ1) is 38.8. The van der Waals surface area contributed by atoms with Crippen molar-refractivity contribution in [3.05, 3.63) is 227 Å². The molecule has 0 fully saturated rings. The van der Waals surface area contributed by atoms with E-state index in [4.69, 9.17) is 5.73 Å². The van der Waals surface area contributed by atoms with Gasteiger partial charge < -0.3 is 21.7 Å². The number of amides is 2. The van der Waals surface area contributed by atoms with Gasteiger partial charge in [-0.05, 0) is 122 Å². The molecule has 0 bridgehead atoms. The van der Waals surface area contributed by atoms with Gasteiger partial charge in [-0.3, -0.25) is 68.7 Å². The van der Waals surface area contributed by atoms with E-state index in [1.807, 2.05) is 0 Å². The second-order valence-electron chi connectivity index (χ2n) is 19.1. The van der Waals surface area contributed by atoms with E-state index < -0.39 is 95.5 Å². The third kappa shape index (κ3) is 13.0. The van der Waals surface area contributed by atoms with Gasteiger partial charge in [0.1, 0.15) is 9.79 Å². The molecule has 0 unspecified atom stereocenters. The topological polar surface area (TPSA) is 412 Å².